The maximum atomic E-state index is 6.23. The number of ether oxygens (including phenoxy) is 2. The van der Waals surface area contributed by atoms with Crippen molar-refractivity contribution in [1.82, 2.24) is 14.5 Å². The smallest absolute Gasteiger partial charge is 0.219 e. The highest BCUT2D eigenvalue weighted by atomic mass is 16.5. The van der Waals surface area contributed by atoms with Crippen LogP contribution in [0.5, 0.6) is 23.1 Å². The summed E-state index contributed by atoms with van der Waals surface area (Å²) in [6, 6.07) is 27.8. The van der Waals surface area contributed by atoms with Gasteiger partial charge in [0.1, 0.15) is 23.1 Å². The first-order chi connectivity index (χ1) is 18.0. The highest BCUT2D eigenvalue weighted by Gasteiger charge is 2.18. The van der Waals surface area contributed by atoms with Gasteiger partial charge in [-0.1, -0.05) is 70.2 Å². The van der Waals surface area contributed by atoms with Gasteiger partial charge in [0.05, 0.1) is 5.69 Å². The number of hydrogen-bond donors (Lipinski definition) is 0. The largest absolute Gasteiger partial charge is 0.457 e. The molecule has 2 aromatic heterocycles. The normalized spacial score (nSPS) is 11.2. The predicted octanol–water partition coefficient (Wildman–Crippen LogP) is 8.77. The Balaban J connectivity index is 1.46. The molecule has 0 saturated heterocycles. The van der Waals surface area contributed by atoms with Gasteiger partial charge in [-0.15, -0.1) is 0 Å². The molecule has 0 spiro atoms. The summed E-state index contributed by atoms with van der Waals surface area (Å²) in [4.78, 5) is 8.98. The molecule has 186 valence electrons. The zero-order valence-corrected chi connectivity index (χ0v) is 21.6. The highest BCUT2D eigenvalue weighted by Crippen LogP contribution is 2.35. The maximum Gasteiger partial charge on any atom is 0.219 e. The van der Waals surface area contributed by atoms with Crippen LogP contribution in [-0.4, -0.2) is 14.5 Å². The van der Waals surface area contributed by atoms with Gasteiger partial charge in [-0.2, -0.15) is 0 Å². The van der Waals surface area contributed by atoms with Crippen LogP contribution in [0.15, 0.2) is 104 Å². The molecule has 3 aromatic carbocycles. The van der Waals surface area contributed by atoms with Crippen molar-refractivity contribution in [3.8, 4) is 40.2 Å². The molecule has 5 heteroatoms. The molecule has 5 rings (SSSR count). The van der Waals surface area contributed by atoms with E-state index in [1.54, 1.807) is 6.20 Å². The summed E-state index contributed by atoms with van der Waals surface area (Å²) in [5, 5.41) is 0. The number of hydrogen-bond acceptors (Lipinski definition) is 4. The van der Waals surface area contributed by atoms with Gasteiger partial charge in [0.2, 0.25) is 5.88 Å². The van der Waals surface area contributed by atoms with Gasteiger partial charge in [0, 0.05) is 36.3 Å². The summed E-state index contributed by atoms with van der Waals surface area (Å²) in [5.41, 5.74) is 4.81. The van der Waals surface area contributed by atoms with Gasteiger partial charge in [-0.25, -0.2) is 9.97 Å². The van der Waals surface area contributed by atoms with E-state index >= 15 is 0 Å². The van der Waals surface area contributed by atoms with Gasteiger partial charge in [-0.05, 0) is 53.3 Å². The average molecular weight is 490 g/mol. The average Bonchev–Trinajstić information content (AvgIpc) is 3.39. The molecule has 0 bridgehead atoms. The minimum Gasteiger partial charge on any atom is -0.457 e. The molecule has 0 aliphatic rings. The van der Waals surface area contributed by atoms with Crippen LogP contribution in [0, 0.1) is 0 Å². The quantitative estimate of drug-likeness (QED) is 0.219. The molecule has 0 radical (unpaired) electrons. The number of para-hydroxylation sites is 1. The lowest BCUT2D eigenvalue weighted by Crippen LogP contribution is -2.07. The molecule has 5 nitrogen and oxygen atoms in total. The molecule has 5 aromatic rings. The van der Waals surface area contributed by atoms with Gasteiger partial charge in [0.25, 0.3) is 0 Å². The van der Waals surface area contributed by atoms with E-state index in [1.807, 2.05) is 73.1 Å². The summed E-state index contributed by atoms with van der Waals surface area (Å²) in [6.45, 7) is 8.94. The second-order valence-electron chi connectivity index (χ2n) is 9.59. The van der Waals surface area contributed by atoms with Crippen molar-refractivity contribution in [3.63, 3.8) is 0 Å². The van der Waals surface area contributed by atoms with E-state index < -0.39 is 0 Å². The summed E-state index contributed by atoms with van der Waals surface area (Å²) < 4.78 is 14.3. The van der Waals surface area contributed by atoms with Crippen LogP contribution < -0.4 is 9.47 Å². The predicted molar refractivity (Wildman–Crippen MR) is 148 cm³/mol. The van der Waals surface area contributed by atoms with E-state index in [1.165, 1.54) is 16.8 Å². The third-order valence-corrected chi connectivity index (χ3v) is 6.22. The van der Waals surface area contributed by atoms with E-state index in [4.69, 9.17) is 14.5 Å². The van der Waals surface area contributed by atoms with Gasteiger partial charge >= 0.3 is 0 Å². The number of nitrogens with zero attached hydrogens (tertiary/aromatic N) is 3. The number of aromatic nitrogens is 3. The fraction of sp³-hybridized carbons (Fsp3) is 0.188. The maximum absolute atomic E-state index is 6.23. The monoisotopic (exact) mass is 489 g/mol. The molecular formula is C32H31N3O2. The van der Waals surface area contributed by atoms with E-state index in [9.17, 15) is 0 Å². The van der Waals surface area contributed by atoms with Crippen LogP contribution in [0.1, 0.15) is 50.7 Å². The second-order valence-corrected chi connectivity index (χ2v) is 9.59. The van der Waals surface area contributed by atoms with Crippen molar-refractivity contribution in [2.45, 2.75) is 39.5 Å². The van der Waals surface area contributed by atoms with Gasteiger partial charge in [-0.3, -0.25) is 4.57 Å². The fourth-order valence-corrected chi connectivity index (χ4v) is 4.45. The molecule has 0 aliphatic heterocycles. The Morgan fingerprint density at radius 1 is 0.622 bits per heavy atom. The Morgan fingerprint density at radius 2 is 1.27 bits per heavy atom. The molecule has 0 fully saturated rings. The Hall–Kier alpha value is -4.38. The summed E-state index contributed by atoms with van der Waals surface area (Å²) in [5.74, 6) is 4.26. The van der Waals surface area contributed by atoms with E-state index in [0.717, 1.165) is 17.1 Å². The summed E-state index contributed by atoms with van der Waals surface area (Å²) >= 11 is 0. The third kappa shape index (κ3) is 5.41. The topological polar surface area (TPSA) is 49.2 Å². The van der Waals surface area contributed by atoms with Crippen LogP contribution in [0.2, 0.25) is 0 Å². The van der Waals surface area contributed by atoms with Crippen molar-refractivity contribution < 1.29 is 9.47 Å². The number of benzene rings is 3. The van der Waals surface area contributed by atoms with Crippen LogP contribution >= 0.6 is 0 Å². The molecule has 0 aliphatic carbocycles. The molecule has 0 atom stereocenters. The lowest BCUT2D eigenvalue weighted by Gasteiger charge is -2.22. The van der Waals surface area contributed by atoms with Crippen LogP contribution in [0.25, 0.3) is 17.1 Å². The molecule has 0 saturated carbocycles. The van der Waals surface area contributed by atoms with Crippen molar-refractivity contribution >= 4 is 0 Å². The molecule has 0 unspecified atom stereocenters. The highest BCUT2D eigenvalue weighted by molar-refractivity contribution is 5.64. The first-order valence-corrected chi connectivity index (χ1v) is 12.6. The molecular weight excluding hydrogens is 458 g/mol. The van der Waals surface area contributed by atoms with Gasteiger partial charge in [0.15, 0.2) is 0 Å². The zero-order chi connectivity index (χ0) is 25.8. The number of rotatable bonds is 8. The third-order valence-electron chi connectivity index (χ3n) is 6.22. The SMILES string of the molecule is CC(C)c1cccc(C(C)C)c1-n1ccnc1-c1cccc(Oc2cccc(Oc3ccccn3)c2)c1. The Labute approximate surface area is 218 Å². The lowest BCUT2D eigenvalue weighted by atomic mass is 9.92. The van der Waals surface area contributed by atoms with Crippen LogP contribution in [-0.2, 0) is 0 Å². The molecule has 0 N–H and O–H groups in total. The first kappa shape index (κ1) is 24.3. The number of imidazole rings is 1. The fourth-order valence-electron chi connectivity index (χ4n) is 4.45. The second kappa shape index (κ2) is 10.7. The minimum absolute atomic E-state index is 0.388. The van der Waals surface area contributed by atoms with E-state index in [-0.39, 0.29) is 0 Å². The van der Waals surface area contributed by atoms with Crippen LogP contribution in [0.4, 0.5) is 0 Å². The van der Waals surface area contributed by atoms with Crippen molar-refractivity contribution in [2.24, 2.45) is 0 Å². The van der Waals surface area contributed by atoms with Crippen LogP contribution in [0.3, 0.4) is 0 Å². The van der Waals surface area contributed by atoms with Crippen molar-refractivity contribution in [3.05, 3.63) is 115 Å². The zero-order valence-electron chi connectivity index (χ0n) is 21.6. The Bertz CT molecular complexity index is 1460. The number of pyridine rings is 1. The van der Waals surface area contributed by atoms with E-state index in [2.05, 4.69) is 61.5 Å². The Kier molecular flexibility index (Phi) is 7.04. The molecule has 0 amide bonds. The standard InChI is InChI=1S/C32H31N3O2/c1-22(2)28-14-9-15-29(23(3)4)31(28)35-19-18-34-32(35)24-10-7-11-25(20-24)36-26-12-8-13-27(21-26)37-30-16-5-6-17-33-30/h5-23H,1-4H3. The van der Waals surface area contributed by atoms with Gasteiger partial charge < -0.3 is 9.47 Å². The molecule has 37 heavy (non-hydrogen) atoms. The van der Waals surface area contributed by atoms with Crippen molar-refractivity contribution in [1.29, 1.82) is 0 Å². The minimum atomic E-state index is 0.388. The Morgan fingerprint density at radius 3 is 1.95 bits per heavy atom. The van der Waals surface area contributed by atoms with E-state index in [0.29, 0.717) is 29.2 Å². The summed E-state index contributed by atoms with van der Waals surface area (Å²) in [6.07, 6.45) is 5.62. The lowest BCUT2D eigenvalue weighted by molar-refractivity contribution is 0.449. The molecule has 2 heterocycles. The first-order valence-electron chi connectivity index (χ1n) is 12.6. The van der Waals surface area contributed by atoms with Crippen molar-refractivity contribution in [2.75, 3.05) is 0 Å². The summed E-state index contributed by atoms with van der Waals surface area (Å²) in [7, 11) is 0.